The fraction of sp³-hybridized carbons (Fsp3) is 0.643. The van der Waals surface area contributed by atoms with Gasteiger partial charge in [-0.15, -0.1) is 0 Å². The zero-order valence-electron chi connectivity index (χ0n) is 10.2. The van der Waals surface area contributed by atoms with E-state index in [-0.39, 0.29) is 11.6 Å². The Balaban J connectivity index is 2.15. The van der Waals surface area contributed by atoms with E-state index in [9.17, 15) is 4.79 Å². The summed E-state index contributed by atoms with van der Waals surface area (Å²) in [5, 5.41) is 0. The quantitative estimate of drug-likeness (QED) is 0.405. The van der Waals surface area contributed by atoms with Crippen LogP contribution in [0.2, 0.25) is 0 Å². The maximum Gasteiger partial charge on any atom is 0.330 e. The van der Waals surface area contributed by atoms with E-state index < -0.39 is 0 Å². The van der Waals surface area contributed by atoms with Gasteiger partial charge in [-0.05, 0) is 38.5 Å². The summed E-state index contributed by atoms with van der Waals surface area (Å²) in [5.41, 5.74) is 1.27. The van der Waals surface area contributed by atoms with Crippen LogP contribution in [0.15, 0.2) is 24.3 Å². The van der Waals surface area contributed by atoms with Gasteiger partial charge in [-0.2, -0.15) is 0 Å². The lowest BCUT2D eigenvalue weighted by Crippen LogP contribution is -2.44. The fourth-order valence-corrected chi connectivity index (χ4v) is 3.06. The molecular weight excluding hydrogens is 200 g/mol. The van der Waals surface area contributed by atoms with Gasteiger partial charge in [-0.1, -0.05) is 25.2 Å². The van der Waals surface area contributed by atoms with Crippen molar-refractivity contribution in [3.8, 4) is 0 Å². The number of rotatable bonds is 2. The standard InChI is InChI=1S/C14H20O2/c1-4-13(15)16-14(3)6-5-11-7-10(2)8-12(14)9-11/h4,7,10,12H,1,5-6,8-9H2,2-3H3. The molecule has 2 rings (SSSR count). The lowest BCUT2D eigenvalue weighted by molar-refractivity contribution is -0.161. The summed E-state index contributed by atoms with van der Waals surface area (Å²) in [7, 11) is 0. The van der Waals surface area contributed by atoms with Gasteiger partial charge in [0, 0.05) is 12.0 Å². The minimum absolute atomic E-state index is 0.280. The number of carbonyl (C=O) groups is 1. The van der Waals surface area contributed by atoms with Crippen LogP contribution < -0.4 is 0 Å². The van der Waals surface area contributed by atoms with Crippen LogP contribution in [0.1, 0.15) is 39.5 Å². The van der Waals surface area contributed by atoms with Crippen molar-refractivity contribution < 1.29 is 9.53 Å². The molecule has 0 aromatic carbocycles. The molecule has 0 amide bonds. The number of esters is 1. The number of hydrogen-bond acceptors (Lipinski definition) is 2. The zero-order chi connectivity index (χ0) is 11.8. The molecule has 88 valence electrons. The molecule has 3 atom stereocenters. The third-order valence-corrected chi connectivity index (χ3v) is 3.99. The molecule has 16 heavy (non-hydrogen) atoms. The number of hydrogen-bond donors (Lipinski definition) is 0. The van der Waals surface area contributed by atoms with E-state index in [1.165, 1.54) is 6.08 Å². The molecular formula is C14H20O2. The predicted octanol–water partition coefficient (Wildman–Crippen LogP) is 3.24. The first-order chi connectivity index (χ1) is 7.53. The molecule has 2 aliphatic carbocycles. The smallest absolute Gasteiger partial charge is 0.330 e. The molecule has 0 saturated heterocycles. The van der Waals surface area contributed by atoms with Crippen molar-refractivity contribution in [2.75, 3.05) is 0 Å². The molecule has 2 nitrogen and oxygen atoms in total. The molecule has 0 heterocycles. The minimum Gasteiger partial charge on any atom is -0.456 e. The van der Waals surface area contributed by atoms with Gasteiger partial charge in [0.15, 0.2) is 0 Å². The zero-order valence-corrected chi connectivity index (χ0v) is 10.2. The lowest BCUT2D eigenvalue weighted by Gasteiger charge is -2.45. The highest BCUT2D eigenvalue weighted by atomic mass is 16.6. The van der Waals surface area contributed by atoms with Crippen LogP contribution in [0.3, 0.4) is 0 Å². The van der Waals surface area contributed by atoms with Crippen LogP contribution in [0.4, 0.5) is 0 Å². The van der Waals surface area contributed by atoms with Crippen LogP contribution in [0, 0.1) is 11.8 Å². The van der Waals surface area contributed by atoms with Crippen molar-refractivity contribution in [3.63, 3.8) is 0 Å². The normalized spacial score (nSPS) is 37.5. The topological polar surface area (TPSA) is 26.3 Å². The first-order valence-electron chi connectivity index (χ1n) is 6.08. The third-order valence-electron chi connectivity index (χ3n) is 3.99. The highest BCUT2D eigenvalue weighted by Gasteiger charge is 2.43. The number of carbonyl (C=O) groups excluding carboxylic acids is 1. The SMILES string of the molecule is C=CC(=O)OC1(C)CCC2=CC(C)CC1C2. The van der Waals surface area contributed by atoms with E-state index >= 15 is 0 Å². The number of ether oxygens (including phenoxy) is 1. The second-order valence-corrected chi connectivity index (χ2v) is 5.38. The Kier molecular flexibility index (Phi) is 2.92. The molecule has 2 aliphatic rings. The first-order valence-corrected chi connectivity index (χ1v) is 6.08. The molecule has 0 radical (unpaired) electrons. The maximum absolute atomic E-state index is 11.4. The van der Waals surface area contributed by atoms with E-state index in [2.05, 4.69) is 26.5 Å². The average Bonchev–Trinajstić information content (AvgIpc) is 2.24. The summed E-state index contributed by atoms with van der Waals surface area (Å²) >= 11 is 0. The summed E-state index contributed by atoms with van der Waals surface area (Å²) in [6.07, 6.45) is 7.92. The van der Waals surface area contributed by atoms with Crippen molar-refractivity contribution in [1.82, 2.24) is 0 Å². The second-order valence-electron chi connectivity index (χ2n) is 5.38. The second kappa shape index (κ2) is 4.08. The molecule has 1 fully saturated rings. The van der Waals surface area contributed by atoms with E-state index in [1.807, 2.05) is 0 Å². The number of fused-ring (bicyclic) bond motifs is 2. The summed E-state index contributed by atoms with van der Waals surface area (Å²) < 4.78 is 5.58. The van der Waals surface area contributed by atoms with Crippen molar-refractivity contribution in [1.29, 1.82) is 0 Å². The summed E-state index contributed by atoms with van der Waals surface area (Å²) in [4.78, 5) is 11.4. The van der Waals surface area contributed by atoms with Gasteiger partial charge in [0.2, 0.25) is 0 Å². The van der Waals surface area contributed by atoms with E-state index in [1.54, 1.807) is 5.57 Å². The molecule has 0 aromatic rings. The van der Waals surface area contributed by atoms with Gasteiger partial charge >= 0.3 is 5.97 Å². The summed E-state index contributed by atoms with van der Waals surface area (Å²) in [6.45, 7) is 7.79. The van der Waals surface area contributed by atoms with Crippen LogP contribution >= 0.6 is 0 Å². The van der Waals surface area contributed by atoms with Crippen LogP contribution in [0.5, 0.6) is 0 Å². The lowest BCUT2D eigenvalue weighted by atomic mass is 9.67. The van der Waals surface area contributed by atoms with Gasteiger partial charge in [-0.3, -0.25) is 0 Å². The molecule has 2 bridgehead atoms. The molecule has 0 spiro atoms. The Bertz CT molecular complexity index is 343. The van der Waals surface area contributed by atoms with Gasteiger partial charge in [0.05, 0.1) is 0 Å². The highest BCUT2D eigenvalue weighted by Crippen LogP contribution is 2.46. The van der Waals surface area contributed by atoms with Gasteiger partial charge in [-0.25, -0.2) is 4.79 Å². The monoisotopic (exact) mass is 220 g/mol. The Morgan fingerprint density at radius 1 is 1.69 bits per heavy atom. The van der Waals surface area contributed by atoms with E-state index in [0.29, 0.717) is 11.8 Å². The van der Waals surface area contributed by atoms with Crippen LogP contribution in [0.25, 0.3) is 0 Å². The Morgan fingerprint density at radius 3 is 3.12 bits per heavy atom. The maximum atomic E-state index is 11.4. The van der Waals surface area contributed by atoms with Crippen LogP contribution in [-0.2, 0) is 9.53 Å². The molecule has 0 N–H and O–H groups in total. The Labute approximate surface area is 97.4 Å². The van der Waals surface area contributed by atoms with Crippen molar-refractivity contribution >= 4 is 5.97 Å². The van der Waals surface area contributed by atoms with E-state index in [0.717, 1.165) is 25.7 Å². The van der Waals surface area contributed by atoms with Gasteiger partial charge < -0.3 is 4.74 Å². The minimum atomic E-state index is -0.284. The van der Waals surface area contributed by atoms with Crippen molar-refractivity contribution in [2.45, 2.75) is 45.1 Å². The van der Waals surface area contributed by atoms with Crippen LogP contribution in [-0.4, -0.2) is 11.6 Å². The largest absolute Gasteiger partial charge is 0.456 e. The van der Waals surface area contributed by atoms with Crippen molar-refractivity contribution in [2.24, 2.45) is 11.8 Å². The van der Waals surface area contributed by atoms with Gasteiger partial charge in [0.25, 0.3) is 0 Å². The Hall–Kier alpha value is -1.05. The summed E-state index contributed by atoms with van der Waals surface area (Å²) in [6, 6.07) is 0. The first kappa shape index (κ1) is 11.4. The molecule has 0 aliphatic heterocycles. The average molecular weight is 220 g/mol. The summed E-state index contributed by atoms with van der Waals surface area (Å²) in [5.74, 6) is 0.823. The molecule has 1 saturated carbocycles. The van der Waals surface area contributed by atoms with Crippen molar-refractivity contribution in [3.05, 3.63) is 24.3 Å². The Morgan fingerprint density at radius 2 is 2.44 bits per heavy atom. The number of allylic oxidation sites excluding steroid dienone is 2. The fourth-order valence-electron chi connectivity index (χ4n) is 3.06. The van der Waals surface area contributed by atoms with Gasteiger partial charge in [0.1, 0.15) is 5.60 Å². The van der Waals surface area contributed by atoms with E-state index in [4.69, 9.17) is 4.74 Å². The molecule has 0 aromatic heterocycles. The highest BCUT2D eigenvalue weighted by molar-refractivity contribution is 5.81. The third kappa shape index (κ3) is 2.06. The molecule has 3 unspecified atom stereocenters. The molecule has 2 heteroatoms. The predicted molar refractivity (Wildman–Crippen MR) is 63.9 cm³/mol.